The Hall–Kier alpha value is -1.06. The third-order valence-corrected chi connectivity index (χ3v) is 2.68. The maximum absolute atomic E-state index is 11.6. The van der Waals surface area contributed by atoms with Crippen molar-refractivity contribution in [2.24, 2.45) is 5.41 Å². The Kier molecular flexibility index (Phi) is 5.66. The van der Waals surface area contributed by atoms with Crippen LogP contribution < -0.4 is 10.6 Å². The summed E-state index contributed by atoms with van der Waals surface area (Å²) in [6.07, 6.45) is 1.21. The summed E-state index contributed by atoms with van der Waals surface area (Å²) in [5, 5.41) is 5.69. The molecule has 0 rings (SSSR count). The van der Waals surface area contributed by atoms with Crippen molar-refractivity contribution >= 4 is 11.8 Å². The molecule has 0 spiro atoms. The number of hydrogen-bond donors (Lipinski definition) is 2. The van der Waals surface area contributed by atoms with Gasteiger partial charge < -0.3 is 10.6 Å². The maximum atomic E-state index is 11.6. The molecule has 0 saturated carbocycles. The van der Waals surface area contributed by atoms with E-state index in [1.165, 1.54) is 0 Å². The van der Waals surface area contributed by atoms with Gasteiger partial charge in [-0.15, -0.1) is 0 Å². The predicted octanol–water partition coefficient (Wildman–Crippen LogP) is 1.84. The fourth-order valence-corrected chi connectivity index (χ4v) is 1.08. The van der Waals surface area contributed by atoms with Gasteiger partial charge in [0.1, 0.15) is 0 Å². The van der Waals surface area contributed by atoms with Crippen molar-refractivity contribution < 1.29 is 9.59 Å². The van der Waals surface area contributed by atoms with Crippen molar-refractivity contribution in [1.82, 2.24) is 10.6 Å². The quantitative estimate of drug-likeness (QED) is 0.773. The highest BCUT2D eigenvalue weighted by Crippen LogP contribution is 2.12. The molecular weight excluding hydrogens is 216 g/mol. The minimum atomic E-state index is -0.404. The van der Waals surface area contributed by atoms with Gasteiger partial charge in [-0.1, -0.05) is 27.7 Å². The molecule has 2 N–H and O–H groups in total. The molecule has 17 heavy (non-hydrogen) atoms. The SMILES string of the molecule is CCC(C)(C)NC(=O)CCNC(=O)C(C)(C)C. The molecule has 4 nitrogen and oxygen atoms in total. The first kappa shape index (κ1) is 15.9. The van der Waals surface area contributed by atoms with Crippen LogP contribution in [0.3, 0.4) is 0 Å². The van der Waals surface area contributed by atoms with E-state index in [0.29, 0.717) is 13.0 Å². The summed E-state index contributed by atoms with van der Waals surface area (Å²) in [5.74, 6) is -0.0499. The van der Waals surface area contributed by atoms with Gasteiger partial charge in [0.25, 0.3) is 0 Å². The van der Waals surface area contributed by atoms with Crippen molar-refractivity contribution in [2.75, 3.05) is 6.54 Å². The number of hydrogen-bond acceptors (Lipinski definition) is 2. The number of amides is 2. The van der Waals surface area contributed by atoms with Crippen LogP contribution in [0.25, 0.3) is 0 Å². The molecule has 0 heterocycles. The average molecular weight is 242 g/mol. The molecule has 100 valence electrons. The molecular formula is C13H26N2O2. The highest BCUT2D eigenvalue weighted by molar-refractivity contribution is 5.82. The van der Waals surface area contributed by atoms with Crippen molar-refractivity contribution in [3.63, 3.8) is 0 Å². The summed E-state index contributed by atoms with van der Waals surface area (Å²) in [6, 6.07) is 0. The molecule has 0 fully saturated rings. The van der Waals surface area contributed by atoms with Gasteiger partial charge in [0.2, 0.25) is 11.8 Å². The lowest BCUT2D eigenvalue weighted by Crippen LogP contribution is -2.44. The molecule has 0 radical (unpaired) electrons. The largest absolute Gasteiger partial charge is 0.355 e. The molecule has 2 amide bonds. The summed E-state index contributed by atoms with van der Waals surface area (Å²) in [5.41, 5.74) is -0.579. The van der Waals surface area contributed by atoms with Gasteiger partial charge in [0.15, 0.2) is 0 Å². The lowest BCUT2D eigenvalue weighted by molar-refractivity contribution is -0.128. The maximum Gasteiger partial charge on any atom is 0.225 e. The van der Waals surface area contributed by atoms with E-state index in [1.54, 1.807) is 0 Å². The highest BCUT2D eigenvalue weighted by Gasteiger charge is 2.21. The number of carbonyl (C=O) groups excluding carboxylic acids is 2. The second-order valence-electron chi connectivity index (χ2n) is 6.04. The van der Waals surface area contributed by atoms with Crippen LogP contribution in [-0.2, 0) is 9.59 Å². The Bertz CT molecular complexity index is 278. The first-order valence-electron chi connectivity index (χ1n) is 6.18. The molecule has 0 atom stereocenters. The summed E-state index contributed by atoms with van der Waals surface area (Å²) in [6.45, 7) is 11.9. The third kappa shape index (κ3) is 6.97. The fourth-order valence-electron chi connectivity index (χ4n) is 1.08. The van der Waals surface area contributed by atoms with E-state index in [4.69, 9.17) is 0 Å². The van der Waals surface area contributed by atoms with E-state index in [-0.39, 0.29) is 17.4 Å². The van der Waals surface area contributed by atoms with Gasteiger partial charge in [-0.3, -0.25) is 9.59 Å². The van der Waals surface area contributed by atoms with Crippen LogP contribution in [0.2, 0.25) is 0 Å². The van der Waals surface area contributed by atoms with E-state index < -0.39 is 5.41 Å². The molecule has 0 bridgehead atoms. The normalized spacial score (nSPS) is 12.1. The number of nitrogens with one attached hydrogen (secondary N) is 2. The molecule has 0 unspecified atom stereocenters. The molecule has 0 aliphatic heterocycles. The van der Waals surface area contributed by atoms with Crippen LogP contribution in [0.4, 0.5) is 0 Å². The molecule has 0 saturated heterocycles. The van der Waals surface area contributed by atoms with Crippen molar-refractivity contribution in [3.8, 4) is 0 Å². The first-order valence-corrected chi connectivity index (χ1v) is 6.18. The lowest BCUT2D eigenvalue weighted by Gasteiger charge is -2.24. The highest BCUT2D eigenvalue weighted by atomic mass is 16.2. The Morgan fingerprint density at radius 2 is 1.59 bits per heavy atom. The second-order valence-corrected chi connectivity index (χ2v) is 6.04. The minimum absolute atomic E-state index is 0.0222. The van der Waals surface area contributed by atoms with Crippen LogP contribution in [0.15, 0.2) is 0 Å². The van der Waals surface area contributed by atoms with Crippen LogP contribution >= 0.6 is 0 Å². The Morgan fingerprint density at radius 1 is 1.06 bits per heavy atom. The van der Waals surface area contributed by atoms with E-state index in [2.05, 4.69) is 10.6 Å². The minimum Gasteiger partial charge on any atom is -0.355 e. The van der Waals surface area contributed by atoms with E-state index in [9.17, 15) is 9.59 Å². The van der Waals surface area contributed by atoms with Crippen molar-refractivity contribution in [3.05, 3.63) is 0 Å². The fraction of sp³-hybridized carbons (Fsp3) is 0.846. The van der Waals surface area contributed by atoms with Gasteiger partial charge in [-0.25, -0.2) is 0 Å². The molecule has 0 aliphatic rings. The molecule has 0 aromatic heterocycles. The molecule has 0 aromatic carbocycles. The van der Waals surface area contributed by atoms with Crippen molar-refractivity contribution in [2.45, 2.75) is 59.9 Å². The Labute approximate surface area is 105 Å². The van der Waals surface area contributed by atoms with Gasteiger partial charge >= 0.3 is 0 Å². The first-order chi connectivity index (χ1) is 7.58. The predicted molar refractivity (Wildman–Crippen MR) is 69.6 cm³/mol. The summed E-state index contributed by atoms with van der Waals surface area (Å²) in [7, 11) is 0. The van der Waals surface area contributed by atoms with Gasteiger partial charge in [0.05, 0.1) is 0 Å². The Balaban J connectivity index is 3.92. The zero-order chi connectivity index (χ0) is 13.7. The van der Waals surface area contributed by atoms with Gasteiger partial charge in [-0.2, -0.15) is 0 Å². The average Bonchev–Trinajstić information content (AvgIpc) is 2.15. The van der Waals surface area contributed by atoms with Crippen molar-refractivity contribution in [1.29, 1.82) is 0 Å². The topological polar surface area (TPSA) is 58.2 Å². The Morgan fingerprint density at radius 3 is 2.00 bits per heavy atom. The molecule has 0 aliphatic carbocycles. The summed E-state index contributed by atoms with van der Waals surface area (Å²) < 4.78 is 0. The lowest BCUT2D eigenvalue weighted by atomic mass is 9.96. The van der Waals surface area contributed by atoms with E-state index in [0.717, 1.165) is 6.42 Å². The van der Waals surface area contributed by atoms with E-state index >= 15 is 0 Å². The second kappa shape index (κ2) is 6.03. The molecule has 0 aromatic rings. The number of carbonyl (C=O) groups is 2. The standard InChI is InChI=1S/C13H26N2O2/c1-7-13(5,6)15-10(16)8-9-14-11(17)12(2,3)4/h7-9H2,1-6H3,(H,14,17)(H,15,16). The zero-order valence-electron chi connectivity index (χ0n) is 11.9. The summed E-state index contributed by atoms with van der Waals surface area (Å²) >= 11 is 0. The number of rotatable bonds is 5. The van der Waals surface area contributed by atoms with Crippen LogP contribution in [0.1, 0.15) is 54.4 Å². The van der Waals surface area contributed by atoms with Gasteiger partial charge in [0, 0.05) is 23.9 Å². The van der Waals surface area contributed by atoms with Gasteiger partial charge in [-0.05, 0) is 20.3 Å². The van der Waals surface area contributed by atoms with Crippen LogP contribution in [0.5, 0.6) is 0 Å². The zero-order valence-corrected chi connectivity index (χ0v) is 11.9. The molecule has 4 heteroatoms. The van der Waals surface area contributed by atoms with Crippen LogP contribution in [-0.4, -0.2) is 23.9 Å². The summed E-state index contributed by atoms with van der Waals surface area (Å²) in [4.78, 5) is 23.1. The smallest absolute Gasteiger partial charge is 0.225 e. The van der Waals surface area contributed by atoms with Crippen LogP contribution in [0, 0.1) is 5.41 Å². The van der Waals surface area contributed by atoms with E-state index in [1.807, 2.05) is 41.5 Å². The monoisotopic (exact) mass is 242 g/mol. The third-order valence-electron chi connectivity index (χ3n) is 2.68.